The number of nitrogens with zero attached hydrogens (tertiary/aromatic N) is 2. The molecule has 0 amide bonds. The molecule has 0 saturated carbocycles. The van der Waals surface area contributed by atoms with E-state index in [2.05, 4.69) is 9.97 Å². The lowest BCUT2D eigenvalue weighted by molar-refractivity contribution is 0.515. The molecule has 1 aromatic heterocycles. The molecule has 0 atom stereocenters. The summed E-state index contributed by atoms with van der Waals surface area (Å²) in [5.74, 6) is 1.02. The first-order valence-electron chi connectivity index (χ1n) is 3.38. The lowest BCUT2D eigenvalue weighted by atomic mass is 10.1. The van der Waals surface area contributed by atoms with Crippen molar-refractivity contribution in [2.45, 2.75) is 19.4 Å². The lowest BCUT2D eigenvalue weighted by Gasteiger charge is -2.15. The first-order chi connectivity index (χ1) is 5.00. The Labute approximate surface area is 65.6 Å². The number of anilines is 1. The van der Waals surface area contributed by atoms with Gasteiger partial charge in [0.1, 0.15) is 11.6 Å². The molecule has 0 fully saturated rings. The van der Waals surface area contributed by atoms with Crippen LogP contribution < -0.4 is 11.5 Å². The smallest absolute Gasteiger partial charge is 0.149 e. The fraction of sp³-hybridized carbons (Fsp3) is 0.429. The van der Waals surface area contributed by atoms with Crippen LogP contribution in [0.5, 0.6) is 0 Å². The molecule has 4 N–H and O–H groups in total. The fourth-order valence-electron chi connectivity index (χ4n) is 0.683. The van der Waals surface area contributed by atoms with Crippen LogP contribution in [-0.4, -0.2) is 9.97 Å². The molecule has 4 nitrogen and oxygen atoms in total. The SMILES string of the molecule is CC(C)(N)c1nccc(N)n1. The number of rotatable bonds is 1. The molecule has 60 valence electrons. The minimum Gasteiger partial charge on any atom is -0.384 e. The maximum atomic E-state index is 5.75. The number of nitrogens with two attached hydrogens (primary N) is 2. The van der Waals surface area contributed by atoms with Crippen molar-refractivity contribution in [3.8, 4) is 0 Å². The van der Waals surface area contributed by atoms with E-state index >= 15 is 0 Å². The average molecular weight is 152 g/mol. The van der Waals surface area contributed by atoms with Gasteiger partial charge in [-0.3, -0.25) is 0 Å². The Morgan fingerprint density at radius 1 is 1.45 bits per heavy atom. The lowest BCUT2D eigenvalue weighted by Crippen LogP contribution is -2.31. The molecule has 1 heterocycles. The maximum absolute atomic E-state index is 5.75. The Kier molecular flexibility index (Phi) is 1.78. The Bertz CT molecular complexity index is 251. The Morgan fingerprint density at radius 3 is 2.45 bits per heavy atom. The van der Waals surface area contributed by atoms with Gasteiger partial charge in [0.2, 0.25) is 0 Å². The van der Waals surface area contributed by atoms with Crippen molar-refractivity contribution in [3.63, 3.8) is 0 Å². The number of aromatic nitrogens is 2. The van der Waals surface area contributed by atoms with Crippen molar-refractivity contribution in [3.05, 3.63) is 18.1 Å². The van der Waals surface area contributed by atoms with Crippen LogP contribution in [0.25, 0.3) is 0 Å². The molecule has 0 bridgehead atoms. The largest absolute Gasteiger partial charge is 0.384 e. The predicted octanol–water partition coefficient (Wildman–Crippen LogP) is 0.253. The highest BCUT2D eigenvalue weighted by atomic mass is 15.0. The van der Waals surface area contributed by atoms with Gasteiger partial charge in [-0.2, -0.15) is 0 Å². The summed E-state index contributed by atoms with van der Waals surface area (Å²) in [4.78, 5) is 7.98. The molecule has 0 aliphatic rings. The number of hydrogen-bond acceptors (Lipinski definition) is 4. The van der Waals surface area contributed by atoms with E-state index in [9.17, 15) is 0 Å². The third kappa shape index (κ3) is 1.88. The first-order valence-corrected chi connectivity index (χ1v) is 3.38. The topological polar surface area (TPSA) is 77.8 Å². The molecule has 0 saturated heterocycles. The van der Waals surface area contributed by atoms with Crippen LogP contribution in [0.2, 0.25) is 0 Å². The average Bonchev–Trinajstić information content (AvgIpc) is 1.86. The van der Waals surface area contributed by atoms with Gasteiger partial charge in [-0.15, -0.1) is 0 Å². The zero-order valence-electron chi connectivity index (χ0n) is 6.70. The molecule has 0 radical (unpaired) electrons. The second-order valence-corrected chi connectivity index (χ2v) is 3.03. The van der Waals surface area contributed by atoms with Crippen molar-refractivity contribution in [1.82, 2.24) is 9.97 Å². The van der Waals surface area contributed by atoms with Crippen molar-refractivity contribution in [1.29, 1.82) is 0 Å². The van der Waals surface area contributed by atoms with Crippen LogP contribution in [0.4, 0.5) is 5.82 Å². The highest BCUT2D eigenvalue weighted by Crippen LogP contribution is 2.11. The van der Waals surface area contributed by atoms with E-state index in [-0.39, 0.29) is 0 Å². The van der Waals surface area contributed by atoms with E-state index in [1.54, 1.807) is 12.3 Å². The summed E-state index contributed by atoms with van der Waals surface area (Å²) >= 11 is 0. The molecule has 0 aliphatic carbocycles. The summed E-state index contributed by atoms with van der Waals surface area (Å²) in [7, 11) is 0. The Hall–Kier alpha value is -1.16. The summed E-state index contributed by atoms with van der Waals surface area (Å²) in [5.41, 5.74) is 10.7. The van der Waals surface area contributed by atoms with Gasteiger partial charge < -0.3 is 11.5 Å². The second-order valence-electron chi connectivity index (χ2n) is 3.03. The monoisotopic (exact) mass is 152 g/mol. The third-order valence-electron chi connectivity index (χ3n) is 1.25. The zero-order chi connectivity index (χ0) is 8.48. The number of hydrogen-bond donors (Lipinski definition) is 2. The van der Waals surface area contributed by atoms with Crippen molar-refractivity contribution in [2.75, 3.05) is 5.73 Å². The van der Waals surface area contributed by atoms with Gasteiger partial charge in [0.05, 0.1) is 5.54 Å². The van der Waals surface area contributed by atoms with Gasteiger partial charge in [-0.1, -0.05) is 0 Å². The van der Waals surface area contributed by atoms with Crippen LogP contribution in [0.3, 0.4) is 0 Å². The van der Waals surface area contributed by atoms with Crippen molar-refractivity contribution in [2.24, 2.45) is 5.73 Å². The standard InChI is InChI=1S/C7H12N4/c1-7(2,9)6-10-4-3-5(8)11-6/h3-4H,9H2,1-2H3,(H2,8,10,11). The molecule has 1 aromatic rings. The molecular formula is C7H12N4. The molecule has 4 heteroatoms. The van der Waals surface area contributed by atoms with E-state index in [4.69, 9.17) is 11.5 Å². The van der Waals surface area contributed by atoms with Crippen LogP contribution in [0.15, 0.2) is 12.3 Å². The summed E-state index contributed by atoms with van der Waals surface area (Å²) < 4.78 is 0. The van der Waals surface area contributed by atoms with Gasteiger partial charge >= 0.3 is 0 Å². The van der Waals surface area contributed by atoms with E-state index in [0.717, 1.165) is 0 Å². The molecule has 0 aliphatic heterocycles. The van der Waals surface area contributed by atoms with Gasteiger partial charge in [0, 0.05) is 6.20 Å². The summed E-state index contributed by atoms with van der Waals surface area (Å²) in [5, 5.41) is 0. The van der Waals surface area contributed by atoms with Crippen LogP contribution in [0, 0.1) is 0 Å². The van der Waals surface area contributed by atoms with E-state index in [1.165, 1.54) is 0 Å². The van der Waals surface area contributed by atoms with Crippen LogP contribution in [-0.2, 0) is 5.54 Å². The van der Waals surface area contributed by atoms with E-state index in [1.807, 2.05) is 13.8 Å². The highest BCUT2D eigenvalue weighted by Gasteiger charge is 2.16. The summed E-state index contributed by atoms with van der Waals surface area (Å²) in [6, 6.07) is 1.63. The van der Waals surface area contributed by atoms with E-state index in [0.29, 0.717) is 11.6 Å². The van der Waals surface area contributed by atoms with Crippen LogP contribution in [0.1, 0.15) is 19.7 Å². The Morgan fingerprint density at radius 2 is 2.09 bits per heavy atom. The minimum absolute atomic E-state index is 0.452. The maximum Gasteiger partial charge on any atom is 0.149 e. The molecular weight excluding hydrogens is 140 g/mol. The van der Waals surface area contributed by atoms with Gasteiger partial charge in [-0.05, 0) is 19.9 Å². The summed E-state index contributed by atoms with van der Waals surface area (Å²) in [6.07, 6.45) is 1.60. The molecule has 0 aromatic carbocycles. The predicted molar refractivity (Wildman–Crippen MR) is 43.7 cm³/mol. The Balaban J connectivity index is 3.06. The quantitative estimate of drug-likeness (QED) is 0.604. The van der Waals surface area contributed by atoms with Gasteiger partial charge in [0.15, 0.2) is 0 Å². The zero-order valence-corrected chi connectivity index (χ0v) is 6.70. The summed E-state index contributed by atoms with van der Waals surface area (Å²) in [6.45, 7) is 3.67. The fourth-order valence-corrected chi connectivity index (χ4v) is 0.683. The number of nitrogen functional groups attached to an aromatic ring is 1. The van der Waals surface area contributed by atoms with Gasteiger partial charge in [-0.25, -0.2) is 9.97 Å². The van der Waals surface area contributed by atoms with Crippen molar-refractivity contribution >= 4 is 5.82 Å². The molecule has 11 heavy (non-hydrogen) atoms. The highest BCUT2D eigenvalue weighted by molar-refractivity contribution is 5.26. The first kappa shape index (κ1) is 7.94. The van der Waals surface area contributed by atoms with Crippen molar-refractivity contribution < 1.29 is 0 Å². The third-order valence-corrected chi connectivity index (χ3v) is 1.25. The normalized spacial score (nSPS) is 11.5. The molecule has 0 spiro atoms. The molecule has 0 unspecified atom stereocenters. The van der Waals surface area contributed by atoms with E-state index < -0.39 is 5.54 Å². The van der Waals surface area contributed by atoms with Gasteiger partial charge in [0.25, 0.3) is 0 Å². The minimum atomic E-state index is -0.518. The second kappa shape index (κ2) is 2.47. The molecule has 1 rings (SSSR count). The van der Waals surface area contributed by atoms with Crippen LogP contribution >= 0.6 is 0 Å².